The van der Waals surface area contributed by atoms with Gasteiger partial charge in [0, 0.05) is 0 Å². The minimum absolute atomic E-state index is 0.0310. The summed E-state index contributed by atoms with van der Waals surface area (Å²) in [6.07, 6.45) is 3.02. The topological polar surface area (TPSA) is 57.8 Å². The first-order valence-electron chi connectivity index (χ1n) is 7.57. The number of rotatable bonds is 6. The number of amides is 1. The van der Waals surface area contributed by atoms with Crippen molar-refractivity contribution >= 4 is 28.3 Å². The summed E-state index contributed by atoms with van der Waals surface area (Å²) in [4.78, 5) is 21.0. The van der Waals surface area contributed by atoms with Gasteiger partial charge in [0.15, 0.2) is 0 Å². The number of carbonyl (C=O) groups is 1. The number of H-pyrrole nitrogens is 1. The van der Waals surface area contributed by atoms with Crippen LogP contribution >= 0.6 is 11.3 Å². The molecule has 0 saturated carbocycles. The van der Waals surface area contributed by atoms with Crippen LogP contribution in [0.2, 0.25) is 0 Å². The molecule has 4 nitrogen and oxygen atoms in total. The van der Waals surface area contributed by atoms with Crippen LogP contribution in [-0.4, -0.2) is 15.9 Å². The van der Waals surface area contributed by atoms with E-state index in [9.17, 15) is 4.79 Å². The number of unbranched alkanes of at least 4 members (excludes halogenated alkanes) is 1. The van der Waals surface area contributed by atoms with Crippen LogP contribution in [-0.2, 0) is 0 Å². The van der Waals surface area contributed by atoms with Gasteiger partial charge in [-0.15, -0.1) is 11.3 Å². The van der Waals surface area contributed by atoms with Crippen LogP contribution in [0.5, 0.6) is 0 Å². The summed E-state index contributed by atoms with van der Waals surface area (Å²) >= 11 is 1.45. The van der Waals surface area contributed by atoms with E-state index in [1.165, 1.54) is 11.3 Å². The number of hydrogen-bond acceptors (Lipinski definition) is 3. The van der Waals surface area contributed by atoms with Crippen molar-refractivity contribution in [1.82, 2.24) is 15.3 Å². The Labute approximate surface area is 133 Å². The number of aromatic nitrogens is 2. The van der Waals surface area contributed by atoms with Gasteiger partial charge in [-0.2, -0.15) is 0 Å². The van der Waals surface area contributed by atoms with Crippen molar-refractivity contribution in [2.75, 3.05) is 0 Å². The average Bonchev–Trinajstić information content (AvgIpc) is 3.19. The van der Waals surface area contributed by atoms with Gasteiger partial charge >= 0.3 is 0 Å². The van der Waals surface area contributed by atoms with Gasteiger partial charge < -0.3 is 10.3 Å². The minimum atomic E-state index is -0.0815. The summed E-state index contributed by atoms with van der Waals surface area (Å²) < 4.78 is 0. The van der Waals surface area contributed by atoms with Gasteiger partial charge in [-0.25, -0.2) is 4.98 Å². The number of benzene rings is 1. The standard InChI is InChI=1S/C17H19N3OS/c1-2-3-7-14(20-17(21)15-10-6-11-22-15)16-18-12-8-4-5-9-13(12)19-16/h4-6,8-11,14H,2-3,7H2,1H3,(H,18,19)(H,20,21)/t14-/m0/s1. The van der Waals surface area contributed by atoms with Crippen LogP contribution in [0.1, 0.15) is 47.7 Å². The SMILES string of the molecule is CCCC[C@H](NC(=O)c1cccs1)c1nc2ccccc2[nH]1. The number of nitrogens with zero attached hydrogens (tertiary/aromatic N) is 1. The molecule has 5 heteroatoms. The lowest BCUT2D eigenvalue weighted by Gasteiger charge is -2.15. The lowest BCUT2D eigenvalue weighted by Crippen LogP contribution is -2.28. The second-order valence-electron chi connectivity index (χ2n) is 5.28. The van der Waals surface area contributed by atoms with E-state index < -0.39 is 0 Å². The molecule has 0 saturated heterocycles. The summed E-state index contributed by atoms with van der Waals surface area (Å²) in [6.45, 7) is 2.15. The van der Waals surface area contributed by atoms with Crippen LogP contribution in [0, 0.1) is 0 Å². The molecular weight excluding hydrogens is 294 g/mol. The molecule has 0 aliphatic heterocycles. The highest BCUT2D eigenvalue weighted by Gasteiger charge is 2.19. The molecule has 3 aromatic rings. The number of aromatic amines is 1. The van der Waals surface area contributed by atoms with Crippen molar-refractivity contribution in [2.24, 2.45) is 0 Å². The third-order valence-corrected chi connectivity index (χ3v) is 4.50. The Hall–Kier alpha value is -2.14. The molecule has 114 valence electrons. The molecule has 0 aliphatic carbocycles. The van der Waals surface area contributed by atoms with E-state index >= 15 is 0 Å². The fourth-order valence-electron chi connectivity index (χ4n) is 2.46. The molecule has 2 aromatic heterocycles. The summed E-state index contributed by atoms with van der Waals surface area (Å²) in [5.74, 6) is 0.802. The summed E-state index contributed by atoms with van der Waals surface area (Å²) in [5, 5.41) is 5.02. The fraction of sp³-hybridized carbons (Fsp3) is 0.294. The van der Waals surface area contributed by atoms with E-state index in [2.05, 4.69) is 22.2 Å². The zero-order chi connectivity index (χ0) is 15.4. The number of para-hydroxylation sites is 2. The fourth-order valence-corrected chi connectivity index (χ4v) is 3.09. The first-order valence-corrected chi connectivity index (χ1v) is 8.45. The molecular formula is C17H19N3OS. The number of nitrogens with one attached hydrogen (secondary N) is 2. The lowest BCUT2D eigenvalue weighted by molar-refractivity contribution is 0.0936. The van der Waals surface area contributed by atoms with Crippen LogP contribution < -0.4 is 5.32 Å². The zero-order valence-corrected chi connectivity index (χ0v) is 13.3. The Morgan fingerprint density at radius 2 is 2.18 bits per heavy atom. The third kappa shape index (κ3) is 3.20. The summed E-state index contributed by atoms with van der Waals surface area (Å²) in [7, 11) is 0. The predicted octanol–water partition coefficient (Wildman–Crippen LogP) is 4.29. The van der Waals surface area contributed by atoms with Crippen LogP contribution in [0.4, 0.5) is 0 Å². The smallest absolute Gasteiger partial charge is 0.261 e. The largest absolute Gasteiger partial charge is 0.341 e. The molecule has 0 unspecified atom stereocenters. The van der Waals surface area contributed by atoms with E-state index in [-0.39, 0.29) is 11.9 Å². The van der Waals surface area contributed by atoms with Crippen molar-refractivity contribution in [3.63, 3.8) is 0 Å². The highest BCUT2D eigenvalue weighted by atomic mass is 32.1. The second kappa shape index (κ2) is 6.75. The molecule has 3 rings (SSSR count). The molecule has 0 fully saturated rings. The first kappa shape index (κ1) is 14.8. The van der Waals surface area contributed by atoms with E-state index in [0.29, 0.717) is 0 Å². The van der Waals surface area contributed by atoms with E-state index in [4.69, 9.17) is 0 Å². The third-order valence-electron chi connectivity index (χ3n) is 3.63. The maximum absolute atomic E-state index is 12.3. The quantitative estimate of drug-likeness (QED) is 0.713. The Morgan fingerprint density at radius 3 is 2.91 bits per heavy atom. The monoisotopic (exact) mass is 313 g/mol. The Morgan fingerprint density at radius 1 is 1.32 bits per heavy atom. The minimum Gasteiger partial charge on any atom is -0.341 e. The van der Waals surface area contributed by atoms with E-state index in [1.54, 1.807) is 0 Å². The van der Waals surface area contributed by atoms with Crippen molar-refractivity contribution in [3.8, 4) is 0 Å². The van der Waals surface area contributed by atoms with Gasteiger partial charge in [-0.3, -0.25) is 4.79 Å². The predicted molar refractivity (Wildman–Crippen MR) is 90.1 cm³/mol. The second-order valence-corrected chi connectivity index (χ2v) is 6.23. The molecule has 1 amide bonds. The molecule has 0 radical (unpaired) electrons. The van der Waals surface area contributed by atoms with E-state index in [0.717, 1.165) is 41.0 Å². The maximum Gasteiger partial charge on any atom is 0.261 e. The number of imidazole rings is 1. The Bertz CT molecular complexity index is 715. The average molecular weight is 313 g/mol. The van der Waals surface area contributed by atoms with Crippen LogP contribution in [0.15, 0.2) is 41.8 Å². The summed E-state index contributed by atoms with van der Waals surface area (Å²) in [6, 6.07) is 11.6. The van der Waals surface area contributed by atoms with Crippen molar-refractivity contribution in [1.29, 1.82) is 0 Å². The first-order chi connectivity index (χ1) is 10.8. The maximum atomic E-state index is 12.3. The molecule has 2 heterocycles. The Kier molecular flexibility index (Phi) is 4.53. The molecule has 1 aromatic carbocycles. The van der Waals surface area contributed by atoms with Gasteiger partial charge in [-0.05, 0) is 30.0 Å². The molecule has 1 atom stereocenters. The zero-order valence-electron chi connectivity index (χ0n) is 12.5. The number of carbonyl (C=O) groups excluding carboxylic acids is 1. The molecule has 0 aliphatic rings. The normalized spacial score (nSPS) is 12.4. The molecule has 0 spiro atoms. The van der Waals surface area contributed by atoms with Crippen molar-refractivity contribution in [3.05, 3.63) is 52.5 Å². The van der Waals surface area contributed by atoms with E-state index in [1.807, 2.05) is 41.8 Å². The number of hydrogen-bond donors (Lipinski definition) is 2. The van der Waals surface area contributed by atoms with Gasteiger partial charge in [0.25, 0.3) is 5.91 Å². The highest BCUT2D eigenvalue weighted by molar-refractivity contribution is 7.12. The summed E-state index contributed by atoms with van der Waals surface area (Å²) in [5.41, 5.74) is 1.94. The van der Waals surface area contributed by atoms with Crippen molar-refractivity contribution < 1.29 is 4.79 Å². The van der Waals surface area contributed by atoms with Gasteiger partial charge in [0.05, 0.1) is 22.0 Å². The molecule has 22 heavy (non-hydrogen) atoms. The number of fused-ring (bicyclic) bond motifs is 1. The van der Waals surface area contributed by atoms with Gasteiger partial charge in [-0.1, -0.05) is 38.0 Å². The van der Waals surface area contributed by atoms with Gasteiger partial charge in [0.2, 0.25) is 0 Å². The van der Waals surface area contributed by atoms with Gasteiger partial charge in [0.1, 0.15) is 5.82 Å². The van der Waals surface area contributed by atoms with Crippen LogP contribution in [0.3, 0.4) is 0 Å². The highest BCUT2D eigenvalue weighted by Crippen LogP contribution is 2.21. The van der Waals surface area contributed by atoms with Crippen LogP contribution in [0.25, 0.3) is 11.0 Å². The molecule has 0 bridgehead atoms. The molecule has 2 N–H and O–H groups in total. The van der Waals surface area contributed by atoms with Crippen molar-refractivity contribution in [2.45, 2.75) is 32.2 Å². The lowest BCUT2D eigenvalue weighted by atomic mass is 10.1. The Balaban J connectivity index is 1.83. The number of thiophene rings is 1.